The van der Waals surface area contributed by atoms with Crippen LogP contribution >= 0.6 is 0 Å². The fourth-order valence-electron chi connectivity index (χ4n) is 3.02. The van der Waals surface area contributed by atoms with Gasteiger partial charge in [-0.25, -0.2) is 8.42 Å². The average Bonchev–Trinajstić information content (AvgIpc) is 2.71. The molecule has 0 aromatic heterocycles. The molecule has 2 aromatic carbocycles. The number of ether oxygens (including phenoxy) is 2. The molecule has 0 fully saturated rings. The largest absolute Gasteiger partial charge is 0.493 e. The van der Waals surface area contributed by atoms with Gasteiger partial charge in [-0.05, 0) is 42.7 Å². The lowest BCUT2D eigenvalue weighted by Crippen LogP contribution is -2.32. The molecule has 0 aliphatic heterocycles. The molecule has 0 bridgehead atoms. The standard InChI is InChI=1S/C22H29NO5S/c1-5-13-23(22(24)18-9-7-8-10-21(18)29(4,25)26)16-17-11-12-19(28-14-6-2)20(15-17)27-3/h7-12,15H,5-6,13-14,16H2,1-4H3. The molecular weight excluding hydrogens is 390 g/mol. The van der Waals surface area contributed by atoms with Crippen molar-refractivity contribution in [1.29, 1.82) is 0 Å². The third-order valence-corrected chi connectivity index (χ3v) is 5.52. The lowest BCUT2D eigenvalue weighted by molar-refractivity contribution is 0.0739. The molecule has 29 heavy (non-hydrogen) atoms. The fourth-order valence-corrected chi connectivity index (χ4v) is 3.90. The van der Waals surface area contributed by atoms with E-state index in [4.69, 9.17) is 9.47 Å². The van der Waals surface area contributed by atoms with E-state index in [2.05, 4.69) is 0 Å². The maximum atomic E-state index is 13.2. The molecule has 1 amide bonds. The van der Waals surface area contributed by atoms with Gasteiger partial charge in [0.05, 0.1) is 24.2 Å². The van der Waals surface area contributed by atoms with Crippen LogP contribution in [-0.4, -0.2) is 45.7 Å². The summed E-state index contributed by atoms with van der Waals surface area (Å²) in [5.74, 6) is 0.962. The molecule has 6 nitrogen and oxygen atoms in total. The Morgan fingerprint density at radius 1 is 1.03 bits per heavy atom. The summed E-state index contributed by atoms with van der Waals surface area (Å²) in [6.45, 7) is 5.45. The molecule has 0 unspecified atom stereocenters. The molecule has 0 saturated heterocycles. The van der Waals surface area contributed by atoms with Crippen LogP contribution in [0.15, 0.2) is 47.4 Å². The number of benzene rings is 2. The van der Waals surface area contributed by atoms with Crippen LogP contribution in [0.1, 0.15) is 42.6 Å². The zero-order valence-electron chi connectivity index (χ0n) is 17.5. The van der Waals surface area contributed by atoms with Gasteiger partial charge in [0.1, 0.15) is 0 Å². The minimum absolute atomic E-state index is 0.0481. The van der Waals surface area contributed by atoms with Gasteiger partial charge in [0.15, 0.2) is 21.3 Å². The number of methoxy groups -OCH3 is 1. The highest BCUT2D eigenvalue weighted by atomic mass is 32.2. The van der Waals surface area contributed by atoms with Crippen molar-refractivity contribution in [2.24, 2.45) is 0 Å². The van der Waals surface area contributed by atoms with Crippen molar-refractivity contribution in [3.05, 3.63) is 53.6 Å². The number of hydrogen-bond acceptors (Lipinski definition) is 5. The third kappa shape index (κ3) is 5.97. The van der Waals surface area contributed by atoms with Crippen molar-refractivity contribution in [2.45, 2.75) is 38.1 Å². The number of carbonyl (C=O) groups is 1. The molecule has 0 N–H and O–H groups in total. The van der Waals surface area contributed by atoms with Crippen molar-refractivity contribution in [2.75, 3.05) is 26.5 Å². The fraction of sp³-hybridized carbons (Fsp3) is 0.409. The first-order valence-electron chi connectivity index (χ1n) is 9.69. The SMILES string of the molecule is CCCOc1ccc(CN(CCC)C(=O)c2ccccc2S(C)(=O)=O)cc1OC. The van der Waals surface area contributed by atoms with Gasteiger partial charge in [-0.3, -0.25) is 4.79 Å². The van der Waals surface area contributed by atoms with Crippen molar-refractivity contribution in [3.8, 4) is 11.5 Å². The summed E-state index contributed by atoms with van der Waals surface area (Å²) in [7, 11) is -1.93. The van der Waals surface area contributed by atoms with Gasteiger partial charge in [0.25, 0.3) is 5.91 Å². The van der Waals surface area contributed by atoms with Crippen LogP contribution in [0.5, 0.6) is 11.5 Å². The monoisotopic (exact) mass is 419 g/mol. The highest BCUT2D eigenvalue weighted by molar-refractivity contribution is 7.90. The van der Waals surface area contributed by atoms with Crippen LogP contribution in [0.2, 0.25) is 0 Å². The molecule has 0 radical (unpaired) electrons. The lowest BCUT2D eigenvalue weighted by atomic mass is 10.1. The Kier molecular flexibility index (Phi) is 8.08. The summed E-state index contributed by atoms with van der Waals surface area (Å²) in [5, 5.41) is 0. The molecule has 0 spiro atoms. The molecule has 7 heteroatoms. The number of nitrogens with zero attached hydrogens (tertiary/aromatic N) is 1. The predicted molar refractivity (Wildman–Crippen MR) is 113 cm³/mol. The van der Waals surface area contributed by atoms with Crippen LogP contribution in [-0.2, 0) is 16.4 Å². The third-order valence-electron chi connectivity index (χ3n) is 4.36. The van der Waals surface area contributed by atoms with E-state index in [1.807, 2.05) is 32.0 Å². The normalized spacial score (nSPS) is 11.2. The summed E-state index contributed by atoms with van der Waals surface area (Å²) in [6, 6.07) is 11.9. The summed E-state index contributed by atoms with van der Waals surface area (Å²) in [6.07, 6.45) is 2.76. The average molecular weight is 420 g/mol. The van der Waals surface area contributed by atoms with Crippen molar-refractivity contribution >= 4 is 15.7 Å². The highest BCUT2D eigenvalue weighted by Crippen LogP contribution is 2.29. The van der Waals surface area contributed by atoms with Gasteiger partial charge in [-0.1, -0.05) is 32.0 Å². The summed E-state index contributed by atoms with van der Waals surface area (Å²) in [5.41, 5.74) is 1.07. The molecule has 0 atom stereocenters. The predicted octanol–water partition coefficient (Wildman–Crippen LogP) is 3.94. The van der Waals surface area contributed by atoms with Gasteiger partial charge in [-0.15, -0.1) is 0 Å². The second kappa shape index (κ2) is 10.3. The van der Waals surface area contributed by atoms with Crippen molar-refractivity contribution < 1.29 is 22.7 Å². The Morgan fingerprint density at radius 3 is 2.38 bits per heavy atom. The first kappa shape index (κ1) is 22.7. The van der Waals surface area contributed by atoms with E-state index in [0.717, 1.165) is 24.7 Å². The molecule has 0 heterocycles. The zero-order chi connectivity index (χ0) is 21.4. The number of hydrogen-bond donors (Lipinski definition) is 0. The Labute approximate surface area is 173 Å². The molecule has 0 aliphatic carbocycles. The smallest absolute Gasteiger partial charge is 0.255 e. The quantitative estimate of drug-likeness (QED) is 0.583. The van der Waals surface area contributed by atoms with Crippen LogP contribution < -0.4 is 9.47 Å². The summed E-state index contributed by atoms with van der Waals surface area (Å²) < 4.78 is 35.3. The van der Waals surface area contributed by atoms with Crippen molar-refractivity contribution in [1.82, 2.24) is 4.90 Å². The Balaban J connectivity index is 2.33. The van der Waals surface area contributed by atoms with Crippen LogP contribution in [0.25, 0.3) is 0 Å². The summed E-state index contributed by atoms with van der Waals surface area (Å²) in [4.78, 5) is 14.9. The Hall–Kier alpha value is -2.54. The van der Waals surface area contributed by atoms with Crippen molar-refractivity contribution in [3.63, 3.8) is 0 Å². The Bertz CT molecular complexity index is 940. The lowest BCUT2D eigenvalue weighted by Gasteiger charge is -2.24. The molecule has 0 saturated carbocycles. The first-order chi connectivity index (χ1) is 13.8. The number of sulfone groups is 1. The van der Waals surface area contributed by atoms with Gasteiger partial charge >= 0.3 is 0 Å². The van der Waals surface area contributed by atoms with E-state index >= 15 is 0 Å². The van der Waals surface area contributed by atoms with Crippen LogP contribution in [0, 0.1) is 0 Å². The maximum absolute atomic E-state index is 13.2. The summed E-state index contributed by atoms with van der Waals surface area (Å²) >= 11 is 0. The minimum atomic E-state index is -3.51. The maximum Gasteiger partial charge on any atom is 0.255 e. The second-order valence-corrected chi connectivity index (χ2v) is 8.81. The number of carbonyl (C=O) groups excluding carboxylic acids is 1. The molecule has 158 valence electrons. The van der Waals surface area contributed by atoms with E-state index in [9.17, 15) is 13.2 Å². The topological polar surface area (TPSA) is 72.9 Å². The van der Waals surface area contributed by atoms with Gasteiger partial charge < -0.3 is 14.4 Å². The van der Waals surface area contributed by atoms with Crippen LogP contribution in [0.4, 0.5) is 0 Å². The molecule has 2 rings (SSSR count). The van der Waals surface area contributed by atoms with Gasteiger partial charge in [0.2, 0.25) is 0 Å². The second-order valence-electron chi connectivity index (χ2n) is 6.83. The van der Waals surface area contributed by atoms with Gasteiger partial charge in [-0.2, -0.15) is 0 Å². The number of rotatable bonds is 10. The molecule has 2 aromatic rings. The molecular formula is C22H29NO5S. The van der Waals surface area contributed by atoms with E-state index in [1.54, 1.807) is 30.2 Å². The van der Waals surface area contributed by atoms with E-state index in [0.29, 0.717) is 31.2 Å². The number of amides is 1. The first-order valence-corrected chi connectivity index (χ1v) is 11.6. The van der Waals surface area contributed by atoms with E-state index in [-0.39, 0.29) is 16.4 Å². The Morgan fingerprint density at radius 2 is 1.76 bits per heavy atom. The molecule has 0 aliphatic rings. The highest BCUT2D eigenvalue weighted by Gasteiger charge is 2.23. The minimum Gasteiger partial charge on any atom is -0.493 e. The van der Waals surface area contributed by atoms with Crippen LogP contribution in [0.3, 0.4) is 0 Å². The van der Waals surface area contributed by atoms with Gasteiger partial charge in [0, 0.05) is 19.3 Å². The zero-order valence-corrected chi connectivity index (χ0v) is 18.3. The van der Waals surface area contributed by atoms with E-state index in [1.165, 1.54) is 6.07 Å². The van der Waals surface area contributed by atoms with E-state index < -0.39 is 9.84 Å².